The van der Waals surface area contributed by atoms with Crippen LogP contribution in [0.5, 0.6) is 5.75 Å². The number of aryl methyl sites for hydroxylation is 1. The number of H-pyrrole nitrogens is 1. The maximum absolute atomic E-state index is 5.71. The minimum absolute atomic E-state index is 0.0533. The lowest BCUT2D eigenvalue weighted by Gasteiger charge is -2.28. The lowest BCUT2D eigenvalue weighted by Crippen LogP contribution is -2.29. The fourth-order valence-corrected chi connectivity index (χ4v) is 3.80. The van der Waals surface area contributed by atoms with Crippen LogP contribution in [-0.4, -0.2) is 22.2 Å². The summed E-state index contributed by atoms with van der Waals surface area (Å²) < 4.78 is 5.58. The first kappa shape index (κ1) is 16.6. The molecule has 3 heterocycles. The molecule has 0 radical (unpaired) electrons. The van der Waals surface area contributed by atoms with Crippen molar-refractivity contribution in [2.24, 2.45) is 0 Å². The van der Waals surface area contributed by atoms with E-state index in [2.05, 4.69) is 32.3 Å². The zero-order valence-electron chi connectivity index (χ0n) is 14.6. The molecule has 3 aromatic rings. The van der Waals surface area contributed by atoms with E-state index < -0.39 is 0 Å². The summed E-state index contributed by atoms with van der Waals surface area (Å²) in [5, 5.41) is 4.10. The van der Waals surface area contributed by atoms with Gasteiger partial charge in [0.25, 0.3) is 0 Å². The zero-order chi connectivity index (χ0) is 18.1. The van der Waals surface area contributed by atoms with E-state index in [1.807, 2.05) is 55.6 Å². The predicted molar refractivity (Wildman–Crippen MR) is 106 cm³/mol. The molecule has 2 aromatic heterocycles. The summed E-state index contributed by atoms with van der Waals surface area (Å²) in [6.45, 7) is 2.05. The number of hydrogen-bond donors (Lipinski definition) is 2. The molecule has 1 saturated heterocycles. The van der Waals surface area contributed by atoms with Gasteiger partial charge in [-0.15, -0.1) is 0 Å². The van der Waals surface area contributed by atoms with Crippen LogP contribution in [0.2, 0.25) is 0 Å². The molecule has 0 spiro atoms. The second-order valence-electron chi connectivity index (χ2n) is 6.27. The van der Waals surface area contributed by atoms with Crippen molar-refractivity contribution >= 4 is 23.0 Å². The van der Waals surface area contributed by atoms with Crippen LogP contribution in [0.1, 0.15) is 29.2 Å². The van der Waals surface area contributed by atoms with Gasteiger partial charge in [-0.1, -0.05) is 18.2 Å². The Kier molecular flexibility index (Phi) is 4.34. The van der Waals surface area contributed by atoms with Gasteiger partial charge in [-0.05, 0) is 55.5 Å². The van der Waals surface area contributed by atoms with Gasteiger partial charge in [0, 0.05) is 17.6 Å². The highest BCUT2D eigenvalue weighted by molar-refractivity contribution is 7.80. The summed E-state index contributed by atoms with van der Waals surface area (Å²) in [5.74, 6) is 0.784. The molecule has 0 amide bonds. The van der Waals surface area contributed by atoms with Gasteiger partial charge in [-0.2, -0.15) is 0 Å². The smallest absolute Gasteiger partial charge is 0.174 e. The Hall–Kier alpha value is -2.86. The molecule has 2 N–H and O–H groups in total. The van der Waals surface area contributed by atoms with Crippen molar-refractivity contribution in [1.29, 1.82) is 0 Å². The number of benzene rings is 1. The topological polar surface area (TPSA) is 53.2 Å². The summed E-state index contributed by atoms with van der Waals surface area (Å²) >= 11 is 5.71. The van der Waals surface area contributed by atoms with E-state index in [1.54, 1.807) is 7.11 Å². The molecular weight excluding hydrogens is 344 g/mol. The molecule has 4 rings (SSSR count). The van der Waals surface area contributed by atoms with Crippen LogP contribution in [0.4, 0.5) is 5.69 Å². The number of pyridine rings is 1. The predicted octanol–water partition coefficient (Wildman–Crippen LogP) is 3.90. The zero-order valence-corrected chi connectivity index (χ0v) is 15.5. The van der Waals surface area contributed by atoms with E-state index in [0.29, 0.717) is 5.11 Å². The van der Waals surface area contributed by atoms with Crippen LogP contribution in [0.15, 0.2) is 60.8 Å². The molecule has 6 heteroatoms. The third-order valence-electron chi connectivity index (χ3n) is 4.62. The van der Waals surface area contributed by atoms with E-state index in [0.717, 1.165) is 28.5 Å². The quantitative estimate of drug-likeness (QED) is 0.688. The second-order valence-corrected chi connectivity index (χ2v) is 6.65. The number of anilines is 1. The Labute approximate surface area is 158 Å². The molecule has 0 aliphatic carbocycles. The van der Waals surface area contributed by atoms with E-state index in [-0.39, 0.29) is 12.1 Å². The summed E-state index contributed by atoms with van der Waals surface area (Å²) in [6, 6.07) is 17.9. The van der Waals surface area contributed by atoms with E-state index in [1.165, 1.54) is 0 Å². The highest BCUT2D eigenvalue weighted by Crippen LogP contribution is 2.43. The average molecular weight is 364 g/mol. The number of nitrogens with zero attached hydrogens (tertiary/aromatic N) is 2. The van der Waals surface area contributed by atoms with Crippen molar-refractivity contribution in [3.05, 3.63) is 77.9 Å². The third-order valence-corrected chi connectivity index (χ3v) is 4.93. The van der Waals surface area contributed by atoms with Gasteiger partial charge < -0.3 is 19.9 Å². The number of nitrogens with one attached hydrogen (secondary N) is 2. The monoisotopic (exact) mass is 364 g/mol. The number of ether oxygens (including phenoxy) is 1. The molecule has 1 fully saturated rings. The molecule has 1 aliphatic heterocycles. The van der Waals surface area contributed by atoms with Crippen molar-refractivity contribution < 1.29 is 4.74 Å². The molecule has 1 aromatic carbocycles. The molecule has 1 aliphatic rings. The number of rotatable bonds is 4. The van der Waals surface area contributed by atoms with Gasteiger partial charge in [0.05, 0.1) is 24.5 Å². The summed E-state index contributed by atoms with van der Waals surface area (Å²) in [6.07, 6.45) is 1.81. The molecule has 26 heavy (non-hydrogen) atoms. The first-order valence-electron chi connectivity index (χ1n) is 8.48. The molecule has 0 bridgehead atoms. The summed E-state index contributed by atoms with van der Waals surface area (Å²) in [7, 11) is 1.68. The van der Waals surface area contributed by atoms with Crippen molar-refractivity contribution in [3.8, 4) is 5.75 Å². The van der Waals surface area contributed by atoms with Crippen molar-refractivity contribution in [3.63, 3.8) is 0 Å². The molecule has 132 valence electrons. The first-order valence-corrected chi connectivity index (χ1v) is 8.89. The maximum atomic E-state index is 5.71. The molecule has 2 atom stereocenters. The normalized spacial score (nSPS) is 19.5. The minimum Gasteiger partial charge on any atom is -0.495 e. The lowest BCUT2D eigenvalue weighted by molar-refractivity contribution is 0.414. The molecule has 5 nitrogen and oxygen atoms in total. The van der Waals surface area contributed by atoms with Crippen molar-refractivity contribution in [1.82, 2.24) is 15.3 Å². The summed E-state index contributed by atoms with van der Waals surface area (Å²) in [5.41, 5.74) is 4.07. The molecule has 2 unspecified atom stereocenters. The first-order chi connectivity index (χ1) is 12.7. The van der Waals surface area contributed by atoms with Gasteiger partial charge in [0.2, 0.25) is 0 Å². The molecular formula is C20H20N4OS. The van der Waals surface area contributed by atoms with E-state index in [4.69, 9.17) is 17.0 Å². The lowest BCUT2D eigenvalue weighted by atomic mass is 10.0. The Balaban J connectivity index is 1.85. The van der Waals surface area contributed by atoms with E-state index >= 15 is 0 Å². The highest BCUT2D eigenvalue weighted by atomic mass is 32.1. The second kappa shape index (κ2) is 6.80. The van der Waals surface area contributed by atoms with Gasteiger partial charge in [-0.3, -0.25) is 4.98 Å². The number of aromatic amines is 1. The molecule has 0 saturated carbocycles. The van der Waals surface area contributed by atoms with Crippen LogP contribution in [0.25, 0.3) is 0 Å². The van der Waals surface area contributed by atoms with Gasteiger partial charge in [0.15, 0.2) is 5.11 Å². The van der Waals surface area contributed by atoms with Crippen LogP contribution in [-0.2, 0) is 0 Å². The standard InChI is InChI=1S/C20H20N4OS/c1-13-10-11-15(22-13)19-18(14-7-5-6-12-21-14)23-20(26)24(19)16-8-3-4-9-17(16)25-2/h3-12,18-19,22H,1-2H3,(H,23,26). The highest BCUT2D eigenvalue weighted by Gasteiger charge is 2.42. The van der Waals surface area contributed by atoms with Gasteiger partial charge >= 0.3 is 0 Å². The van der Waals surface area contributed by atoms with Crippen LogP contribution in [0.3, 0.4) is 0 Å². The Morgan fingerprint density at radius 3 is 2.58 bits per heavy atom. The number of methoxy groups -OCH3 is 1. The third kappa shape index (κ3) is 2.82. The maximum Gasteiger partial charge on any atom is 0.174 e. The van der Waals surface area contributed by atoms with E-state index in [9.17, 15) is 0 Å². The minimum atomic E-state index is -0.0633. The average Bonchev–Trinajstić information content (AvgIpc) is 3.25. The van der Waals surface area contributed by atoms with Crippen LogP contribution in [0, 0.1) is 6.92 Å². The van der Waals surface area contributed by atoms with Gasteiger partial charge in [0.1, 0.15) is 11.8 Å². The largest absolute Gasteiger partial charge is 0.495 e. The fraction of sp³-hybridized carbons (Fsp3) is 0.200. The SMILES string of the molecule is COc1ccccc1N1C(=S)NC(c2ccccn2)C1c1ccc(C)[nH]1. The van der Waals surface area contributed by atoms with Crippen molar-refractivity contribution in [2.75, 3.05) is 12.0 Å². The summed E-state index contributed by atoms with van der Waals surface area (Å²) in [4.78, 5) is 10.1. The Bertz CT molecular complexity index is 924. The number of hydrogen-bond acceptors (Lipinski definition) is 3. The number of aromatic nitrogens is 2. The number of para-hydroxylation sites is 2. The van der Waals surface area contributed by atoms with Crippen LogP contribution >= 0.6 is 12.2 Å². The fourth-order valence-electron chi connectivity index (χ4n) is 3.46. The Morgan fingerprint density at radius 1 is 1.08 bits per heavy atom. The van der Waals surface area contributed by atoms with Crippen LogP contribution < -0.4 is 15.0 Å². The Morgan fingerprint density at radius 2 is 1.88 bits per heavy atom. The van der Waals surface area contributed by atoms with Gasteiger partial charge in [-0.25, -0.2) is 0 Å². The number of thiocarbonyl (C=S) groups is 1. The van der Waals surface area contributed by atoms with Crippen molar-refractivity contribution in [2.45, 2.75) is 19.0 Å².